The van der Waals surface area contributed by atoms with Gasteiger partial charge >= 0.3 is 12.1 Å². The number of hydrogen-bond acceptors (Lipinski definition) is 5. The van der Waals surface area contributed by atoms with Crippen LogP contribution in [0.4, 0.5) is 10.5 Å². The number of esters is 1. The van der Waals surface area contributed by atoms with Gasteiger partial charge in [-0.05, 0) is 50.5 Å². The van der Waals surface area contributed by atoms with Crippen LogP contribution in [-0.4, -0.2) is 42.8 Å². The summed E-state index contributed by atoms with van der Waals surface area (Å²) in [7, 11) is 1.32. The maximum atomic E-state index is 12.1. The van der Waals surface area contributed by atoms with Crippen molar-refractivity contribution in [2.45, 2.75) is 32.8 Å². The lowest BCUT2D eigenvalue weighted by Gasteiger charge is -2.29. The van der Waals surface area contributed by atoms with E-state index in [1.54, 1.807) is 17.0 Å². The van der Waals surface area contributed by atoms with Gasteiger partial charge in [0, 0.05) is 18.8 Å². The first-order chi connectivity index (χ1) is 11.2. The third-order valence-electron chi connectivity index (χ3n) is 3.69. The summed E-state index contributed by atoms with van der Waals surface area (Å²) in [5, 5.41) is 0. The first kappa shape index (κ1) is 17.8. The molecule has 24 heavy (non-hydrogen) atoms. The quantitative estimate of drug-likeness (QED) is 0.665. The molecule has 0 aliphatic carbocycles. The number of rotatable bonds is 2. The number of hydrogen-bond donors (Lipinski definition) is 1. The average Bonchev–Trinajstić information content (AvgIpc) is 2.52. The van der Waals surface area contributed by atoms with Crippen molar-refractivity contribution in [2.24, 2.45) is 0 Å². The van der Waals surface area contributed by atoms with Crippen LogP contribution in [0.15, 0.2) is 24.3 Å². The van der Waals surface area contributed by atoms with E-state index in [2.05, 4.69) is 0 Å². The van der Waals surface area contributed by atoms with Crippen LogP contribution in [0.25, 0.3) is 5.57 Å². The minimum atomic E-state index is -0.501. The van der Waals surface area contributed by atoms with E-state index in [1.807, 2.05) is 32.9 Å². The van der Waals surface area contributed by atoms with Crippen LogP contribution in [0.5, 0.6) is 0 Å². The highest BCUT2D eigenvalue weighted by Gasteiger charge is 2.24. The molecule has 130 valence electrons. The molecule has 6 nitrogen and oxygen atoms in total. The molecule has 2 rings (SSSR count). The topological polar surface area (TPSA) is 81.9 Å². The van der Waals surface area contributed by atoms with Crippen molar-refractivity contribution in [3.05, 3.63) is 35.4 Å². The Bertz CT molecular complexity index is 674. The standard InChI is InChI=1S/C18H24N2O4/c1-18(2,3)24-17(22)20-9-7-12(8-10-20)13-5-6-14(15(19)11-13)16(21)23-4/h5-7,11H,8-10,19H2,1-4H3. The van der Waals surface area contributed by atoms with Crippen LogP contribution in [0.1, 0.15) is 43.1 Å². The van der Waals surface area contributed by atoms with Crippen LogP contribution in [-0.2, 0) is 9.47 Å². The number of nitrogens with two attached hydrogens (primary N) is 1. The smallest absolute Gasteiger partial charge is 0.410 e. The van der Waals surface area contributed by atoms with Gasteiger partial charge in [-0.3, -0.25) is 0 Å². The molecule has 0 atom stereocenters. The molecule has 1 amide bonds. The molecule has 0 spiro atoms. The SMILES string of the molecule is COC(=O)c1ccc(C2=CCN(C(=O)OC(C)(C)C)CC2)cc1N. The van der Waals surface area contributed by atoms with Gasteiger partial charge in [0.15, 0.2) is 0 Å². The van der Waals surface area contributed by atoms with Crippen molar-refractivity contribution in [3.63, 3.8) is 0 Å². The first-order valence-electron chi connectivity index (χ1n) is 7.86. The van der Waals surface area contributed by atoms with Gasteiger partial charge in [-0.25, -0.2) is 9.59 Å². The van der Waals surface area contributed by atoms with Gasteiger partial charge in [0.25, 0.3) is 0 Å². The molecule has 1 aromatic rings. The van der Waals surface area contributed by atoms with Gasteiger partial charge < -0.3 is 20.1 Å². The maximum Gasteiger partial charge on any atom is 0.410 e. The van der Waals surface area contributed by atoms with Crippen molar-refractivity contribution in [3.8, 4) is 0 Å². The lowest BCUT2D eigenvalue weighted by molar-refractivity contribution is 0.0270. The first-order valence-corrected chi connectivity index (χ1v) is 7.86. The minimum absolute atomic E-state index is 0.307. The van der Waals surface area contributed by atoms with E-state index in [0.717, 1.165) is 11.1 Å². The summed E-state index contributed by atoms with van der Waals surface area (Å²) in [5.41, 5.74) is 8.22. The Morgan fingerprint density at radius 2 is 1.96 bits per heavy atom. The zero-order valence-electron chi connectivity index (χ0n) is 14.6. The second-order valence-corrected chi connectivity index (χ2v) is 6.70. The van der Waals surface area contributed by atoms with E-state index in [-0.39, 0.29) is 6.09 Å². The summed E-state index contributed by atoms with van der Waals surface area (Å²) in [5.74, 6) is -0.451. The van der Waals surface area contributed by atoms with Crippen molar-refractivity contribution in [1.82, 2.24) is 4.90 Å². The normalized spacial score (nSPS) is 14.8. The summed E-state index contributed by atoms with van der Waals surface area (Å²) in [6, 6.07) is 5.27. The number of ether oxygens (including phenoxy) is 2. The lowest BCUT2D eigenvalue weighted by Crippen LogP contribution is -2.39. The van der Waals surface area contributed by atoms with Gasteiger partial charge in [0.1, 0.15) is 5.60 Å². The van der Waals surface area contributed by atoms with E-state index in [0.29, 0.717) is 30.8 Å². The number of benzene rings is 1. The van der Waals surface area contributed by atoms with Gasteiger partial charge in [0.05, 0.1) is 12.7 Å². The van der Waals surface area contributed by atoms with E-state index < -0.39 is 11.6 Å². The van der Waals surface area contributed by atoms with Crippen LogP contribution in [0.2, 0.25) is 0 Å². The Balaban J connectivity index is 2.09. The predicted molar refractivity (Wildman–Crippen MR) is 92.6 cm³/mol. The molecule has 0 radical (unpaired) electrons. The third-order valence-corrected chi connectivity index (χ3v) is 3.69. The summed E-state index contributed by atoms with van der Waals surface area (Å²) in [4.78, 5) is 25.3. The molecule has 2 N–H and O–H groups in total. The number of anilines is 1. The Kier molecular flexibility index (Phi) is 5.17. The van der Waals surface area contributed by atoms with E-state index in [9.17, 15) is 9.59 Å². The van der Waals surface area contributed by atoms with Gasteiger partial charge in [-0.1, -0.05) is 12.1 Å². The molecular weight excluding hydrogens is 308 g/mol. The molecule has 1 heterocycles. The number of nitrogens with zero attached hydrogens (tertiary/aromatic N) is 1. The Labute approximate surface area is 142 Å². The fourth-order valence-electron chi connectivity index (χ4n) is 2.48. The van der Waals surface area contributed by atoms with Crippen molar-refractivity contribution < 1.29 is 19.1 Å². The Morgan fingerprint density at radius 3 is 2.46 bits per heavy atom. The highest BCUT2D eigenvalue weighted by Crippen LogP contribution is 2.26. The molecule has 1 aliphatic heterocycles. The monoisotopic (exact) mass is 332 g/mol. The van der Waals surface area contributed by atoms with E-state index in [1.165, 1.54) is 7.11 Å². The minimum Gasteiger partial charge on any atom is -0.465 e. The van der Waals surface area contributed by atoms with Crippen LogP contribution >= 0.6 is 0 Å². The van der Waals surface area contributed by atoms with Gasteiger partial charge in [-0.2, -0.15) is 0 Å². The van der Waals surface area contributed by atoms with Crippen LogP contribution < -0.4 is 5.73 Å². The fourth-order valence-corrected chi connectivity index (χ4v) is 2.48. The summed E-state index contributed by atoms with van der Waals surface area (Å²) in [6.07, 6.45) is 2.38. The Hall–Kier alpha value is -2.50. The van der Waals surface area contributed by atoms with Gasteiger partial charge in [-0.15, -0.1) is 0 Å². The van der Waals surface area contributed by atoms with Gasteiger partial charge in [0.2, 0.25) is 0 Å². The molecule has 0 bridgehead atoms. The summed E-state index contributed by atoms with van der Waals surface area (Å²) in [6.45, 7) is 6.62. The number of nitrogen functional groups attached to an aromatic ring is 1. The third kappa shape index (κ3) is 4.28. The highest BCUT2D eigenvalue weighted by molar-refractivity contribution is 5.95. The molecule has 0 saturated carbocycles. The molecule has 6 heteroatoms. The number of amides is 1. The number of carbonyl (C=O) groups is 2. The highest BCUT2D eigenvalue weighted by atomic mass is 16.6. The Morgan fingerprint density at radius 1 is 1.25 bits per heavy atom. The zero-order valence-corrected chi connectivity index (χ0v) is 14.6. The average molecular weight is 332 g/mol. The molecule has 0 unspecified atom stereocenters. The van der Waals surface area contributed by atoms with E-state index >= 15 is 0 Å². The fraction of sp³-hybridized carbons (Fsp3) is 0.444. The molecular formula is C18H24N2O4. The zero-order chi connectivity index (χ0) is 17.9. The maximum absolute atomic E-state index is 12.1. The van der Waals surface area contributed by atoms with E-state index in [4.69, 9.17) is 15.2 Å². The largest absolute Gasteiger partial charge is 0.465 e. The molecule has 1 aromatic carbocycles. The van der Waals surface area contributed by atoms with Crippen molar-refractivity contribution in [1.29, 1.82) is 0 Å². The number of carbonyl (C=O) groups excluding carboxylic acids is 2. The molecule has 1 aliphatic rings. The molecule has 0 fully saturated rings. The lowest BCUT2D eigenvalue weighted by atomic mass is 9.97. The predicted octanol–water partition coefficient (Wildman–Crippen LogP) is 3.08. The number of methoxy groups -OCH3 is 1. The van der Waals surface area contributed by atoms with Crippen molar-refractivity contribution >= 4 is 23.3 Å². The molecule has 0 saturated heterocycles. The molecule has 0 aromatic heterocycles. The second kappa shape index (κ2) is 6.95. The van der Waals surface area contributed by atoms with Crippen molar-refractivity contribution in [2.75, 3.05) is 25.9 Å². The summed E-state index contributed by atoms with van der Waals surface area (Å²) < 4.78 is 10.1. The second-order valence-electron chi connectivity index (χ2n) is 6.70. The summed E-state index contributed by atoms with van der Waals surface area (Å²) >= 11 is 0. The van der Waals surface area contributed by atoms with Crippen LogP contribution in [0.3, 0.4) is 0 Å². The van der Waals surface area contributed by atoms with Crippen LogP contribution in [0, 0.1) is 0 Å².